The predicted molar refractivity (Wildman–Crippen MR) is 119 cm³/mol. The van der Waals surface area contributed by atoms with E-state index in [9.17, 15) is 4.79 Å². The Labute approximate surface area is 184 Å². The van der Waals surface area contributed by atoms with Gasteiger partial charge in [0, 0.05) is 54.9 Å². The maximum atomic E-state index is 12.5. The number of amides is 1. The predicted octanol–water partition coefficient (Wildman–Crippen LogP) is 2.69. The van der Waals surface area contributed by atoms with Crippen molar-refractivity contribution in [2.75, 3.05) is 13.2 Å². The largest absolute Gasteiger partial charge is 0.489 e. The van der Waals surface area contributed by atoms with E-state index in [0.717, 1.165) is 28.2 Å². The molecular formula is C23H22N6O3. The van der Waals surface area contributed by atoms with Gasteiger partial charge in [-0.25, -0.2) is 4.98 Å². The van der Waals surface area contributed by atoms with Gasteiger partial charge in [0.05, 0.1) is 18.5 Å². The Balaban J connectivity index is 1.13. The number of oxime groups is 1. The maximum absolute atomic E-state index is 12.5. The van der Waals surface area contributed by atoms with E-state index in [1.54, 1.807) is 23.0 Å². The molecule has 9 nitrogen and oxygen atoms in total. The molecule has 0 bridgehead atoms. The summed E-state index contributed by atoms with van der Waals surface area (Å²) in [6.45, 7) is 0.677. The molecule has 0 saturated heterocycles. The van der Waals surface area contributed by atoms with Crippen molar-refractivity contribution in [3.05, 3.63) is 72.9 Å². The molecule has 1 aromatic carbocycles. The number of aromatic nitrogens is 4. The van der Waals surface area contributed by atoms with Gasteiger partial charge in [0.1, 0.15) is 18.0 Å². The second kappa shape index (κ2) is 8.54. The Morgan fingerprint density at radius 2 is 2.19 bits per heavy atom. The van der Waals surface area contributed by atoms with Gasteiger partial charge in [-0.2, -0.15) is 5.10 Å². The normalized spacial score (nSPS) is 15.4. The summed E-state index contributed by atoms with van der Waals surface area (Å²) in [5, 5.41) is 11.2. The van der Waals surface area contributed by atoms with Crippen molar-refractivity contribution >= 4 is 17.3 Å². The minimum absolute atomic E-state index is 0.178. The van der Waals surface area contributed by atoms with Crippen LogP contribution in [-0.2, 0) is 11.9 Å². The lowest BCUT2D eigenvalue weighted by Gasteiger charge is -2.13. The summed E-state index contributed by atoms with van der Waals surface area (Å²) < 4.78 is 9.64. The zero-order valence-electron chi connectivity index (χ0n) is 17.5. The van der Waals surface area contributed by atoms with Crippen molar-refractivity contribution < 1.29 is 14.4 Å². The van der Waals surface area contributed by atoms with E-state index in [4.69, 9.17) is 9.57 Å². The molecule has 1 N–H and O–H groups in total. The van der Waals surface area contributed by atoms with Crippen molar-refractivity contribution in [2.45, 2.75) is 12.5 Å². The molecule has 1 amide bonds. The molecule has 0 aliphatic carbocycles. The highest BCUT2D eigenvalue weighted by Gasteiger charge is 2.23. The minimum atomic E-state index is -0.204. The monoisotopic (exact) mass is 430 g/mol. The van der Waals surface area contributed by atoms with Crippen LogP contribution in [0.15, 0.2) is 72.5 Å². The molecule has 4 heterocycles. The molecule has 0 spiro atoms. The molecular weight excluding hydrogens is 408 g/mol. The van der Waals surface area contributed by atoms with E-state index in [-0.39, 0.29) is 12.0 Å². The van der Waals surface area contributed by atoms with Crippen LogP contribution in [0.5, 0.6) is 5.75 Å². The number of hydrogen-bond donors (Lipinski definition) is 1. The molecule has 1 aliphatic rings. The second-order valence-electron chi connectivity index (χ2n) is 7.59. The van der Waals surface area contributed by atoms with E-state index < -0.39 is 0 Å². The minimum Gasteiger partial charge on any atom is -0.489 e. The Hall–Kier alpha value is -4.14. The highest BCUT2D eigenvalue weighted by atomic mass is 16.7. The molecule has 1 aliphatic heterocycles. The average molecular weight is 430 g/mol. The first-order valence-electron chi connectivity index (χ1n) is 10.3. The van der Waals surface area contributed by atoms with Crippen molar-refractivity contribution in [1.82, 2.24) is 24.5 Å². The molecule has 0 saturated carbocycles. The first kappa shape index (κ1) is 19.8. The van der Waals surface area contributed by atoms with Crippen molar-refractivity contribution in [1.29, 1.82) is 0 Å². The average Bonchev–Trinajstić information content (AvgIpc) is 3.56. The fourth-order valence-corrected chi connectivity index (χ4v) is 3.59. The van der Waals surface area contributed by atoms with Gasteiger partial charge in [-0.1, -0.05) is 23.4 Å². The zero-order chi connectivity index (χ0) is 21.9. The third-order valence-electron chi connectivity index (χ3n) is 5.23. The SMILES string of the molecule is Cn1cc(-c2ccccc2OCC2CC(CNC(=O)c3ccn4ccnc4c3)=NO2)cn1. The highest BCUT2D eigenvalue weighted by molar-refractivity contribution is 5.98. The quantitative estimate of drug-likeness (QED) is 0.486. The van der Waals surface area contributed by atoms with E-state index in [0.29, 0.717) is 25.1 Å². The molecule has 0 radical (unpaired) electrons. The van der Waals surface area contributed by atoms with Crippen LogP contribution < -0.4 is 10.1 Å². The van der Waals surface area contributed by atoms with Gasteiger partial charge in [0.2, 0.25) is 0 Å². The van der Waals surface area contributed by atoms with Crippen LogP contribution in [0.4, 0.5) is 0 Å². The number of para-hydroxylation sites is 1. The van der Waals surface area contributed by atoms with Crippen molar-refractivity contribution in [3.8, 4) is 16.9 Å². The Kier molecular flexibility index (Phi) is 5.29. The van der Waals surface area contributed by atoms with Gasteiger partial charge in [0.15, 0.2) is 6.10 Å². The zero-order valence-corrected chi connectivity index (χ0v) is 17.5. The molecule has 1 unspecified atom stereocenters. The number of rotatable bonds is 7. The van der Waals surface area contributed by atoms with Crippen LogP contribution in [0.25, 0.3) is 16.8 Å². The van der Waals surface area contributed by atoms with Crippen molar-refractivity contribution in [2.24, 2.45) is 12.2 Å². The number of pyridine rings is 1. The van der Waals surface area contributed by atoms with Crippen LogP contribution in [-0.4, -0.2) is 50.0 Å². The van der Waals surface area contributed by atoms with Crippen LogP contribution in [0.1, 0.15) is 16.8 Å². The number of nitrogens with one attached hydrogen (secondary N) is 1. The van der Waals surface area contributed by atoms with Gasteiger partial charge in [-0.15, -0.1) is 0 Å². The number of imidazole rings is 1. The van der Waals surface area contributed by atoms with E-state index in [1.807, 2.05) is 60.5 Å². The lowest BCUT2D eigenvalue weighted by Crippen LogP contribution is -2.30. The summed E-state index contributed by atoms with van der Waals surface area (Å²) in [5.74, 6) is 0.587. The third kappa shape index (κ3) is 4.18. The summed E-state index contributed by atoms with van der Waals surface area (Å²) >= 11 is 0. The van der Waals surface area contributed by atoms with E-state index in [1.165, 1.54) is 0 Å². The fourth-order valence-electron chi connectivity index (χ4n) is 3.59. The summed E-state index contributed by atoms with van der Waals surface area (Å²) in [4.78, 5) is 22.2. The molecule has 3 aromatic heterocycles. The summed E-state index contributed by atoms with van der Waals surface area (Å²) in [6, 6.07) is 11.3. The number of nitrogens with zero attached hydrogens (tertiary/aromatic N) is 5. The van der Waals surface area contributed by atoms with Gasteiger partial charge in [-0.3, -0.25) is 9.48 Å². The van der Waals surface area contributed by atoms with Crippen molar-refractivity contribution in [3.63, 3.8) is 0 Å². The van der Waals surface area contributed by atoms with Gasteiger partial charge in [0.25, 0.3) is 5.91 Å². The number of hydrogen-bond acceptors (Lipinski definition) is 6. The van der Waals surface area contributed by atoms with E-state index in [2.05, 4.69) is 20.6 Å². The number of aryl methyl sites for hydroxylation is 1. The topological polar surface area (TPSA) is 95.0 Å². The number of carbonyl (C=O) groups excluding carboxylic acids is 1. The number of fused-ring (bicyclic) bond motifs is 1. The molecule has 1 atom stereocenters. The van der Waals surface area contributed by atoms with Gasteiger partial charge < -0.3 is 19.3 Å². The molecule has 4 aromatic rings. The fraction of sp³-hybridized carbons (Fsp3) is 0.217. The maximum Gasteiger partial charge on any atom is 0.251 e. The lowest BCUT2D eigenvalue weighted by atomic mass is 10.1. The smallest absolute Gasteiger partial charge is 0.251 e. The number of benzene rings is 1. The summed E-state index contributed by atoms with van der Waals surface area (Å²) in [5.41, 5.74) is 4.01. The highest BCUT2D eigenvalue weighted by Crippen LogP contribution is 2.29. The molecule has 5 rings (SSSR count). The number of carbonyl (C=O) groups is 1. The Morgan fingerprint density at radius 1 is 1.28 bits per heavy atom. The second-order valence-corrected chi connectivity index (χ2v) is 7.59. The van der Waals surface area contributed by atoms with Gasteiger partial charge in [-0.05, 0) is 18.2 Å². The molecule has 9 heteroatoms. The van der Waals surface area contributed by atoms with Gasteiger partial charge >= 0.3 is 0 Å². The molecule has 162 valence electrons. The van der Waals surface area contributed by atoms with Crippen LogP contribution >= 0.6 is 0 Å². The standard InChI is InChI=1S/C23H22N6O3/c1-28-14-17(12-26-28)20-4-2-3-5-21(20)31-15-19-11-18(27-32-19)13-25-23(30)16-6-8-29-9-7-24-22(29)10-16/h2-10,12,14,19H,11,13,15H2,1H3,(H,25,30). The number of ether oxygens (including phenoxy) is 1. The van der Waals surface area contributed by atoms with Crippen LogP contribution in [0, 0.1) is 0 Å². The summed E-state index contributed by atoms with van der Waals surface area (Å²) in [6.07, 6.45) is 9.48. The van der Waals surface area contributed by atoms with E-state index >= 15 is 0 Å². The Bertz CT molecular complexity index is 1290. The lowest BCUT2D eigenvalue weighted by molar-refractivity contribution is 0.0472. The van der Waals surface area contributed by atoms with Crippen LogP contribution in [0.3, 0.4) is 0 Å². The third-order valence-corrected chi connectivity index (χ3v) is 5.23. The molecule has 0 fully saturated rings. The van der Waals surface area contributed by atoms with Crippen LogP contribution in [0.2, 0.25) is 0 Å². The summed E-state index contributed by atoms with van der Waals surface area (Å²) in [7, 11) is 1.88. The first-order chi connectivity index (χ1) is 15.7. The Morgan fingerprint density at radius 3 is 3.06 bits per heavy atom. The molecule has 32 heavy (non-hydrogen) atoms. The first-order valence-corrected chi connectivity index (χ1v) is 10.3.